The average Bonchev–Trinajstić information content (AvgIpc) is 3.39. The fraction of sp³-hybridized carbons (Fsp3) is 0. The molecule has 0 unspecified atom stereocenters. The Morgan fingerprint density at radius 2 is 1.05 bits per heavy atom. The van der Waals surface area contributed by atoms with Crippen LogP contribution >= 0.6 is 0 Å². The van der Waals surface area contributed by atoms with E-state index >= 15 is 0 Å². The van der Waals surface area contributed by atoms with Gasteiger partial charge in [-0.3, -0.25) is 0 Å². The van der Waals surface area contributed by atoms with Crippen LogP contribution in [0, 0.1) is 0 Å². The van der Waals surface area contributed by atoms with Gasteiger partial charge in [-0.1, -0.05) is 115 Å². The summed E-state index contributed by atoms with van der Waals surface area (Å²) in [5.41, 5.74) is 7.40. The molecule has 0 bridgehead atoms. The van der Waals surface area contributed by atoms with E-state index in [9.17, 15) is 0 Å². The van der Waals surface area contributed by atoms with E-state index in [1.807, 2.05) is 48.5 Å². The van der Waals surface area contributed by atoms with Crippen molar-refractivity contribution in [3.05, 3.63) is 133 Å². The van der Waals surface area contributed by atoms with Gasteiger partial charge in [-0.2, -0.15) is 0 Å². The third-order valence-corrected chi connectivity index (χ3v) is 7.47. The lowest BCUT2D eigenvalue weighted by molar-refractivity contribution is 0.667. The van der Waals surface area contributed by atoms with E-state index in [0.717, 1.165) is 44.4 Å². The highest BCUT2D eigenvalue weighted by Gasteiger charge is 2.18. The fourth-order valence-corrected chi connectivity index (χ4v) is 5.51. The van der Waals surface area contributed by atoms with Gasteiger partial charge in [0.25, 0.3) is 0 Å². The number of hydrogen-bond donors (Lipinski definition) is 0. The SMILES string of the molecule is c1ccc(-c2nc(-c3ccccc3)c3oc4ccc(-c5ccc6ccc7ccccc7c6c5)cc4c3n2)cc1. The number of fused-ring (bicyclic) bond motifs is 6. The van der Waals surface area contributed by atoms with Crippen LogP contribution in [-0.4, -0.2) is 9.97 Å². The monoisotopic (exact) mass is 498 g/mol. The van der Waals surface area contributed by atoms with Crippen molar-refractivity contribution in [1.29, 1.82) is 0 Å². The van der Waals surface area contributed by atoms with Crippen LogP contribution in [0.25, 0.3) is 77.4 Å². The predicted molar refractivity (Wildman–Crippen MR) is 161 cm³/mol. The first-order valence-electron chi connectivity index (χ1n) is 13.1. The largest absolute Gasteiger partial charge is 0.452 e. The van der Waals surface area contributed by atoms with Gasteiger partial charge in [0, 0.05) is 16.5 Å². The van der Waals surface area contributed by atoms with Crippen molar-refractivity contribution in [3.63, 3.8) is 0 Å². The summed E-state index contributed by atoms with van der Waals surface area (Å²) in [6, 6.07) is 46.3. The second kappa shape index (κ2) is 8.64. The molecule has 8 rings (SSSR count). The molecular formula is C36H22N2O. The second-order valence-electron chi connectivity index (χ2n) is 9.84. The highest BCUT2D eigenvalue weighted by molar-refractivity contribution is 6.10. The van der Waals surface area contributed by atoms with Gasteiger partial charge >= 0.3 is 0 Å². The third-order valence-electron chi connectivity index (χ3n) is 7.47. The molecule has 0 radical (unpaired) electrons. The molecule has 0 fully saturated rings. The first-order valence-corrected chi connectivity index (χ1v) is 13.1. The van der Waals surface area contributed by atoms with Crippen molar-refractivity contribution in [2.75, 3.05) is 0 Å². The molecule has 182 valence electrons. The molecule has 0 N–H and O–H groups in total. The smallest absolute Gasteiger partial charge is 0.180 e. The quantitative estimate of drug-likeness (QED) is 0.228. The van der Waals surface area contributed by atoms with E-state index in [4.69, 9.17) is 14.4 Å². The Bertz CT molecular complexity index is 2160. The molecule has 6 aromatic carbocycles. The van der Waals surface area contributed by atoms with Gasteiger partial charge in [-0.05, 0) is 50.9 Å². The Kier molecular flexibility index (Phi) is 4.82. The maximum atomic E-state index is 6.42. The summed E-state index contributed by atoms with van der Waals surface area (Å²) in [5, 5.41) is 5.98. The van der Waals surface area contributed by atoms with E-state index in [-0.39, 0.29) is 0 Å². The van der Waals surface area contributed by atoms with E-state index in [0.29, 0.717) is 11.4 Å². The van der Waals surface area contributed by atoms with Crippen LogP contribution in [0.15, 0.2) is 138 Å². The molecule has 0 saturated carbocycles. The standard InChI is InChI=1S/C36H22N2O/c1-3-10-25(11-4-1)33-35-34(38-36(37-33)26-12-5-2-6-13-26)31-22-28(19-20-32(31)39-35)27-18-17-24-16-15-23-9-7-8-14-29(23)30(24)21-27/h1-22H. The number of furan rings is 1. The molecule has 0 aliphatic rings. The summed E-state index contributed by atoms with van der Waals surface area (Å²) in [6.07, 6.45) is 0. The maximum absolute atomic E-state index is 6.42. The zero-order chi connectivity index (χ0) is 25.8. The lowest BCUT2D eigenvalue weighted by Crippen LogP contribution is -1.93. The first kappa shape index (κ1) is 21.8. The summed E-state index contributed by atoms with van der Waals surface area (Å²) < 4.78 is 6.42. The van der Waals surface area contributed by atoms with Gasteiger partial charge < -0.3 is 4.42 Å². The van der Waals surface area contributed by atoms with Crippen molar-refractivity contribution in [2.24, 2.45) is 0 Å². The van der Waals surface area contributed by atoms with Crippen LogP contribution in [0.5, 0.6) is 0 Å². The number of rotatable bonds is 3. The molecule has 0 atom stereocenters. The molecule has 8 aromatic rings. The molecule has 0 amide bonds. The number of nitrogens with zero attached hydrogens (tertiary/aromatic N) is 2. The Morgan fingerprint density at radius 3 is 1.85 bits per heavy atom. The summed E-state index contributed by atoms with van der Waals surface area (Å²) >= 11 is 0. The van der Waals surface area contributed by atoms with Crippen LogP contribution in [0.4, 0.5) is 0 Å². The molecule has 3 nitrogen and oxygen atoms in total. The van der Waals surface area contributed by atoms with Gasteiger partial charge in [-0.15, -0.1) is 0 Å². The highest BCUT2D eigenvalue weighted by Crippen LogP contribution is 2.38. The van der Waals surface area contributed by atoms with Crippen molar-refractivity contribution in [1.82, 2.24) is 9.97 Å². The van der Waals surface area contributed by atoms with E-state index < -0.39 is 0 Å². The van der Waals surface area contributed by atoms with Gasteiger partial charge in [0.2, 0.25) is 0 Å². The van der Waals surface area contributed by atoms with Crippen LogP contribution in [-0.2, 0) is 0 Å². The normalized spacial score (nSPS) is 11.6. The molecule has 0 saturated heterocycles. The Hall–Kier alpha value is -5.28. The summed E-state index contributed by atoms with van der Waals surface area (Å²) in [7, 11) is 0. The molecule has 0 aliphatic heterocycles. The van der Waals surface area contributed by atoms with Crippen molar-refractivity contribution in [3.8, 4) is 33.8 Å². The minimum Gasteiger partial charge on any atom is -0.452 e. The van der Waals surface area contributed by atoms with Crippen molar-refractivity contribution < 1.29 is 4.42 Å². The van der Waals surface area contributed by atoms with E-state index in [1.165, 1.54) is 21.5 Å². The van der Waals surface area contributed by atoms with Gasteiger partial charge in [0.05, 0.1) is 0 Å². The van der Waals surface area contributed by atoms with E-state index in [2.05, 4.69) is 84.9 Å². The molecule has 2 heterocycles. The number of aromatic nitrogens is 2. The fourth-order valence-electron chi connectivity index (χ4n) is 5.51. The summed E-state index contributed by atoms with van der Waals surface area (Å²) in [6.45, 7) is 0. The lowest BCUT2D eigenvalue weighted by atomic mass is 9.96. The molecule has 39 heavy (non-hydrogen) atoms. The van der Waals surface area contributed by atoms with Crippen LogP contribution in [0.2, 0.25) is 0 Å². The minimum absolute atomic E-state index is 0.687. The van der Waals surface area contributed by atoms with Crippen LogP contribution in [0.3, 0.4) is 0 Å². The van der Waals surface area contributed by atoms with Gasteiger partial charge in [0.15, 0.2) is 11.4 Å². The van der Waals surface area contributed by atoms with Gasteiger partial charge in [0.1, 0.15) is 16.8 Å². The average molecular weight is 499 g/mol. The highest BCUT2D eigenvalue weighted by atomic mass is 16.3. The Morgan fingerprint density at radius 1 is 0.436 bits per heavy atom. The molecule has 2 aromatic heterocycles. The summed E-state index contributed by atoms with van der Waals surface area (Å²) in [4.78, 5) is 10.0. The number of benzene rings is 6. The topological polar surface area (TPSA) is 38.9 Å². The molecular weight excluding hydrogens is 476 g/mol. The second-order valence-corrected chi connectivity index (χ2v) is 9.84. The Labute approximate surface area is 225 Å². The first-order chi connectivity index (χ1) is 19.3. The summed E-state index contributed by atoms with van der Waals surface area (Å²) in [5.74, 6) is 0.687. The van der Waals surface area contributed by atoms with Gasteiger partial charge in [-0.25, -0.2) is 9.97 Å². The maximum Gasteiger partial charge on any atom is 0.180 e. The minimum atomic E-state index is 0.687. The molecule has 3 heteroatoms. The number of hydrogen-bond acceptors (Lipinski definition) is 3. The zero-order valence-corrected chi connectivity index (χ0v) is 21.0. The van der Waals surface area contributed by atoms with E-state index in [1.54, 1.807) is 0 Å². The van der Waals surface area contributed by atoms with Crippen LogP contribution in [0.1, 0.15) is 0 Å². The van der Waals surface area contributed by atoms with Crippen molar-refractivity contribution >= 4 is 43.6 Å². The zero-order valence-electron chi connectivity index (χ0n) is 21.0. The Balaban J connectivity index is 1.37. The van der Waals surface area contributed by atoms with Crippen molar-refractivity contribution in [2.45, 2.75) is 0 Å². The van der Waals surface area contributed by atoms with Crippen LogP contribution < -0.4 is 0 Å². The predicted octanol–water partition coefficient (Wildman–Crippen LogP) is 9.68. The molecule has 0 spiro atoms. The third kappa shape index (κ3) is 3.59. The lowest BCUT2D eigenvalue weighted by Gasteiger charge is -2.08. The molecule has 0 aliphatic carbocycles.